The number of hydrogen-bond acceptors (Lipinski definition) is 6. The largest absolute Gasteiger partial charge is 0.492 e. The van der Waals surface area contributed by atoms with Gasteiger partial charge in [0.1, 0.15) is 23.4 Å². The van der Waals surface area contributed by atoms with Crippen molar-refractivity contribution < 1.29 is 19.4 Å². The topological polar surface area (TPSA) is 94.4 Å². The fraction of sp³-hybridized carbons (Fsp3) is 0.273. The summed E-state index contributed by atoms with van der Waals surface area (Å²) in [4.78, 5) is 25.6. The number of carboxylic acid groups (broad SMARTS) is 1. The van der Waals surface area contributed by atoms with Gasteiger partial charge >= 0.3 is 5.97 Å². The fourth-order valence-corrected chi connectivity index (χ4v) is 5.69. The number of aryl methyl sites for hydroxylation is 2. The third-order valence-electron chi connectivity index (χ3n) is 7.35. The van der Waals surface area contributed by atoms with Crippen molar-refractivity contribution in [3.63, 3.8) is 0 Å². The standard InChI is InChI=1S/C33H31N3O4/c1-18-12-22-13-21(25-16-34-17-36-19(25)2)6-7-23(22)30(24(18)14-28(37)38)31-27(40-33(3,4)5)15-26-29-20(9-11-39-26)8-10-35-32(29)31/h6-8,10,12-13,15-17H,9,11,14H2,1-5H3,(H,37,38). The molecule has 0 saturated heterocycles. The first-order valence-electron chi connectivity index (χ1n) is 13.4. The van der Waals surface area contributed by atoms with Gasteiger partial charge in [-0.15, -0.1) is 0 Å². The van der Waals surface area contributed by atoms with Crippen molar-refractivity contribution in [1.82, 2.24) is 15.0 Å². The van der Waals surface area contributed by atoms with Crippen LogP contribution in [0, 0.1) is 13.8 Å². The number of aromatic nitrogens is 3. The summed E-state index contributed by atoms with van der Waals surface area (Å²) >= 11 is 0. The minimum atomic E-state index is -0.894. The number of carbonyl (C=O) groups is 1. The summed E-state index contributed by atoms with van der Waals surface area (Å²) in [6, 6.07) is 12.3. The molecule has 1 aliphatic rings. The van der Waals surface area contributed by atoms with Gasteiger partial charge in [-0.2, -0.15) is 0 Å². The molecule has 7 heteroatoms. The van der Waals surface area contributed by atoms with Gasteiger partial charge in [-0.1, -0.05) is 18.2 Å². The van der Waals surface area contributed by atoms with Crippen LogP contribution in [0.25, 0.3) is 43.9 Å². The molecule has 0 bridgehead atoms. The third-order valence-corrected chi connectivity index (χ3v) is 7.35. The maximum absolute atomic E-state index is 12.2. The zero-order valence-corrected chi connectivity index (χ0v) is 23.3. The average molecular weight is 534 g/mol. The number of rotatable bonds is 5. The first kappa shape index (κ1) is 25.7. The molecule has 0 atom stereocenters. The van der Waals surface area contributed by atoms with Gasteiger partial charge < -0.3 is 14.6 Å². The maximum Gasteiger partial charge on any atom is 0.307 e. The van der Waals surface area contributed by atoms with E-state index in [4.69, 9.17) is 14.5 Å². The van der Waals surface area contributed by atoms with E-state index in [1.165, 1.54) is 0 Å². The summed E-state index contributed by atoms with van der Waals surface area (Å²) in [6.07, 6.45) is 5.84. The predicted octanol–water partition coefficient (Wildman–Crippen LogP) is 6.87. The minimum Gasteiger partial charge on any atom is -0.492 e. The van der Waals surface area contributed by atoms with E-state index in [-0.39, 0.29) is 6.42 Å². The highest BCUT2D eigenvalue weighted by Crippen LogP contribution is 2.48. The number of fused-ring (bicyclic) bond motifs is 1. The molecular formula is C33H31N3O4. The van der Waals surface area contributed by atoms with Gasteiger partial charge in [-0.05, 0) is 85.3 Å². The van der Waals surface area contributed by atoms with Crippen LogP contribution in [0.5, 0.6) is 11.5 Å². The fourth-order valence-electron chi connectivity index (χ4n) is 5.69. The quantitative estimate of drug-likeness (QED) is 0.263. The highest BCUT2D eigenvalue weighted by molar-refractivity contribution is 6.11. The van der Waals surface area contributed by atoms with Crippen molar-refractivity contribution in [2.75, 3.05) is 6.61 Å². The number of benzene rings is 3. The lowest BCUT2D eigenvalue weighted by atomic mass is 9.85. The molecule has 0 saturated carbocycles. The summed E-state index contributed by atoms with van der Waals surface area (Å²) in [5.74, 6) is 0.470. The molecule has 6 rings (SSSR count). The second-order valence-electron chi connectivity index (χ2n) is 11.3. The van der Waals surface area contributed by atoms with Gasteiger partial charge in [-0.3, -0.25) is 9.78 Å². The Morgan fingerprint density at radius 1 is 1.07 bits per heavy atom. The van der Waals surface area contributed by atoms with Crippen molar-refractivity contribution in [2.24, 2.45) is 0 Å². The van der Waals surface area contributed by atoms with Crippen molar-refractivity contribution in [3.05, 3.63) is 77.5 Å². The van der Waals surface area contributed by atoms with Crippen molar-refractivity contribution in [2.45, 2.75) is 53.1 Å². The Hall–Kier alpha value is -4.52. The molecule has 0 aliphatic carbocycles. The Labute approximate surface area is 232 Å². The van der Waals surface area contributed by atoms with Crippen LogP contribution in [0.15, 0.2) is 55.1 Å². The number of aliphatic carboxylic acids is 1. The number of ether oxygens (including phenoxy) is 2. The highest BCUT2D eigenvalue weighted by Gasteiger charge is 2.28. The smallest absolute Gasteiger partial charge is 0.307 e. The Kier molecular flexibility index (Phi) is 6.17. The molecule has 1 N–H and O–H groups in total. The Balaban J connectivity index is 1.74. The van der Waals surface area contributed by atoms with E-state index in [0.717, 1.165) is 78.5 Å². The van der Waals surface area contributed by atoms with E-state index in [2.05, 4.69) is 28.2 Å². The van der Waals surface area contributed by atoms with Crippen LogP contribution in [0.3, 0.4) is 0 Å². The van der Waals surface area contributed by atoms with E-state index in [0.29, 0.717) is 12.4 Å². The van der Waals surface area contributed by atoms with Gasteiger partial charge in [-0.25, -0.2) is 9.97 Å². The molecular weight excluding hydrogens is 502 g/mol. The Bertz CT molecular complexity index is 1820. The number of carboxylic acids is 1. The second-order valence-corrected chi connectivity index (χ2v) is 11.3. The summed E-state index contributed by atoms with van der Waals surface area (Å²) in [7, 11) is 0. The van der Waals surface area contributed by atoms with E-state index < -0.39 is 11.6 Å². The predicted molar refractivity (Wildman–Crippen MR) is 156 cm³/mol. The molecule has 5 aromatic rings. The van der Waals surface area contributed by atoms with Gasteiger partial charge in [0.05, 0.1) is 24.1 Å². The Morgan fingerprint density at radius 2 is 1.90 bits per heavy atom. The van der Waals surface area contributed by atoms with Crippen LogP contribution >= 0.6 is 0 Å². The molecule has 202 valence electrons. The summed E-state index contributed by atoms with van der Waals surface area (Å²) in [5, 5.41) is 12.9. The van der Waals surface area contributed by atoms with Gasteiger partial charge in [0.2, 0.25) is 0 Å². The van der Waals surface area contributed by atoms with E-state index in [1.54, 1.807) is 6.33 Å². The molecule has 3 aromatic carbocycles. The molecule has 2 aromatic heterocycles. The third kappa shape index (κ3) is 4.51. The van der Waals surface area contributed by atoms with Crippen LogP contribution in [0.4, 0.5) is 0 Å². The number of hydrogen-bond donors (Lipinski definition) is 1. The monoisotopic (exact) mass is 533 g/mol. The lowest BCUT2D eigenvalue weighted by Gasteiger charge is -2.28. The molecule has 7 nitrogen and oxygen atoms in total. The van der Waals surface area contributed by atoms with Gasteiger partial charge in [0, 0.05) is 41.5 Å². The van der Waals surface area contributed by atoms with Crippen molar-refractivity contribution >= 4 is 27.6 Å². The highest BCUT2D eigenvalue weighted by atomic mass is 16.5. The van der Waals surface area contributed by atoms with E-state index in [1.807, 2.05) is 65.2 Å². The van der Waals surface area contributed by atoms with Crippen molar-refractivity contribution in [1.29, 1.82) is 0 Å². The zero-order valence-electron chi connectivity index (χ0n) is 23.3. The van der Waals surface area contributed by atoms with Crippen LogP contribution in [0.2, 0.25) is 0 Å². The molecule has 0 fully saturated rings. The number of nitrogens with zero attached hydrogens (tertiary/aromatic N) is 3. The summed E-state index contributed by atoms with van der Waals surface area (Å²) in [6.45, 7) is 10.5. The molecule has 3 heterocycles. The normalized spacial score (nSPS) is 12.9. The van der Waals surface area contributed by atoms with Crippen molar-refractivity contribution in [3.8, 4) is 33.8 Å². The van der Waals surface area contributed by atoms with E-state index >= 15 is 0 Å². The average Bonchev–Trinajstić information content (AvgIpc) is 2.89. The number of pyridine rings is 1. The second kappa shape index (κ2) is 9.59. The molecule has 1 aliphatic heterocycles. The van der Waals surface area contributed by atoms with Crippen LogP contribution in [-0.2, 0) is 17.6 Å². The SMILES string of the molecule is Cc1cc2cc(-c3cncnc3C)ccc2c(-c2c(OC(C)(C)C)cc3c4c(ccnc24)CCO3)c1CC(=O)O. The molecule has 0 amide bonds. The van der Waals surface area contributed by atoms with Gasteiger partial charge in [0.25, 0.3) is 0 Å². The first-order valence-corrected chi connectivity index (χ1v) is 13.4. The lowest BCUT2D eigenvalue weighted by molar-refractivity contribution is -0.136. The lowest BCUT2D eigenvalue weighted by Crippen LogP contribution is -2.24. The summed E-state index contributed by atoms with van der Waals surface area (Å²) in [5.41, 5.74) is 7.49. The molecule has 40 heavy (non-hydrogen) atoms. The van der Waals surface area contributed by atoms with Crippen LogP contribution in [0.1, 0.15) is 43.2 Å². The first-order chi connectivity index (χ1) is 19.1. The minimum absolute atomic E-state index is 0.126. The van der Waals surface area contributed by atoms with Crippen LogP contribution in [-0.4, -0.2) is 38.2 Å². The summed E-state index contributed by atoms with van der Waals surface area (Å²) < 4.78 is 12.7. The molecule has 0 radical (unpaired) electrons. The maximum atomic E-state index is 12.2. The molecule has 0 unspecified atom stereocenters. The van der Waals surface area contributed by atoms with Gasteiger partial charge in [0.15, 0.2) is 0 Å². The molecule has 0 spiro atoms. The zero-order chi connectivity index (χ0) is 28.2. The van der Waals surface area contributed by atoms with E-state index in [9.17, 15) is 9.90 Å². The van der Waals surface area contributed by atoms with Crippen LogP contribution < -0.4 is 9.47 Å². The Morgan fingerprint density at radius 3 is 2.65 bits per heavy atom.